The lowest BCUT2D eigenvalue weighted by Crippen LogP contribution is -2.68. The van der Waals surface area contributed by atoms with Crippen LogP contribution in [0, 0.1) is 10.2 Å². The van der Waals surface area contributed by atoms with Crippen LogP contribution in [0.3, 0.4) is 0 Å². The van der Waals surface area contributed by atoms with Crippen molar-refractivity contribution < 1.29 is 33.3 Å². The number of anilines is 1. The highest BCUT2D eigenvalue weighted by molar-refractivity contribution is 5.75. The third kappa shape index (κ3) is 7.63. The minimum absolute atomic E-state index is 0.767. The standard InChI is InChI=1S/C25H20NO.ClHO4/c26-23-15-13-19(14-16-23)11-12-20-17-24(21-7-3-1-4-8-21)27-25(18-20)22-9-5-2-6-10-22;2-1(3,4)5/h1-18H,26H2;(H,2,3,4,5)/q+1;/p-1/b12-11+;. The van der Waals surface area contributed by atoms with Gasteiger partial charge in [0.05, 0.1) is 23.3 Å². The van der Waals surface area contributed by atoms with E-state index in [1.54, 1.807) is 0 Å². The second kappa shape index (κ2) is 10.7. The molecule has 0 saturated carbocycles. The van der Waals surface area contributed by atoms with Crippen LogP contribution >= 0.6 is 0 Å². The van der Waals surface area contributed by atoms with Crippen molar-refractivity contribution in [1.29, 1.82) is 0 Å². The van der Waals surface area contributed by atoms with E-state index in [-0.39, 0.29) is 0 Å². The maximum absolute atomic E-state index is 8.49. The molecule has 0 bridgehead atoms. The Morgan fingerprint density at radius 2 is 1.00 bits per heavy atom. The predicted molar refractivity (Wildman–Crippen MR) is 114 cm³/mol. The smallest absolute Gasteiger partial charge is 0.361 e. The molecule has 0 amide bonds. The normalized spacial score (nSPS) is 11.1. The molecule has 1 aromatic heterocycles. The highest BCUT2D eigenvalue weighted by Gasteiger charge is 2.18. The summed E-state index contributed by atoms with van der Waals surface area (Å²) in [4.78, 5) is 0. The first-order valence-electron chi connectivity index (χ1n) is 9.52. The highest BCUT2D eigenvalue weighted by atomic mass is 35.7. The fraction of sp³-hybridized carbons (Fsp3) is 0. The van der Waals surface area contributed by atoms with Gasteiger partial charge in [-0.1, -0.05) is 60.7 Å². The van der Waals surface area contributed by atoms with Gasteiger partial charge >= 0.3 is 11.5 Å². The Morgan fingerprint density at radius 3 is 1.44 bits per heavy atom. The van der Waals surface area contributed by atoms with Crippen molar-refractivity contribution >= 4 is 17.8 Å². The first kappa shape index (κ1) is 23.1. The van der Waals surface area contributed by atoms with Gasteiger partial charge in [-0.3, -0.25) is 0 Å². The van der Waals surface area contributed by atoms with Crippen molar-refractivity contribution in [3.63, 3.8) is 0 Å². The van der Waals surface area contributed by atoms with Crippen molar-refractivity contribution in [3.8, 4) is 22.6 Å². The number of nitrogens with two attached hydrogens (primary N) is 1. The molecular weight excluding hydrogens is 430 g/mol. The van der Waals surface area contributed by atoms with Crippen molar-refractivity contribution in [2.75, 3.05) is 5.73 Å². The van der Waals surface area contributed by atoms with Crippen LogP contribution in [-0.4, -0.2) is 0 Å². The van der Waals surface area contributed by atoms with Crippen LogP contribution < -0.4 is 24.4 Å². The number of hydrogen-bond donors (Lipinski definition) is 1. The van der Waals surface area contributed by atoms with E-state index in [9.17, 15) is 0 Å². The molecule has 2 N–H and O–H groups in total. The number of halogens is 1. The molecule has 0 aliphatic rings. The van der Waals surface area contributed by atoms with Gasteiger partial charge in [0.15, 0.2) is 0 Å². The third-order valence-corrected chi connectivity index (χ3v) is 4.34. The summed E-state index contributed by atoms with van der Waals surface area (Å²) in [5.41, 5.74) is 10.8. The van der Waals surface area contributed by atoms with Gasteiger partial charge in [0.25, 0.3) is 0 Å². The molecule has 32 heavy (non-hydrogen) atoms. The van der Waals surface area contributed by atoms with E-state index < -0.39 is 10.2 Å². The Morgan fingerprint density at radius 1 is 0.594 bits per heavy atom. The lowest BCUT2D eigenvalue weighted by Gasteiger charge is -2.17. The SMILES string of the molecule is Nc1ccc(/C=C/c2cc(-c3ccccc3)[o+]c(-c3ccccc3)c2)cc1.[O-][Cl+3]([O-])([O-])[O-]. The van der Waals surface area contributed by atoms with Gasteiger partial charge in [-0.05, 0) is 47.5 Å². The van der Waals surface area contributed by atoms with E-state index in [1.807, 2.05) is 60.7 Å². The summed E-state index contributed by atoms with van der Waals surface area (Å²) in [5, 5.41) is 0. The molecule has 0 aliphatic heterocycles. The van der Waals surface area contributed by atoms with Crippen molar-refractivity contribution in [2.24, 2.45) is 0 Å². The fourth-order valence-electron chi connectivity index (χ4n) is 2.91. The van der Waals surface area contributed by atoms with Gasteiger partial charge in [-0.15, -0.1) is 10.2 Å². The van der Waals surface area contributed by atoms with Crippen LogP contribution in [0.4, 0.5) is 5.69 Å². The van der Waals surface area contributed by atoms with Crippen LogP contribution in [0.1, 0.15) is 11.1 Å². The predicted octanol–water partition coefficient (Wildman–Crippen LogP) is 1.89. The average molecular weight is 450 g/mol. The Kier molecular flexibility index (Phi) is 7.72. The molecule has 4 aromatic rings. The van der Waals surface area contributed by atoms with Crippen molar-refractivity contribution in [3.05, 3.63) is 108 Å². The fourth-order valence-corrected chi connectivity index (χ4v) is 2.91. The monoisotopic (exact) mass is 449 g/mol. The molecule has 0 spiro atoms. The zero-order chi connectivity index (χ0) is 23.0. The quantitative estimate of drug-likeness (QED) is 0.374. The van der Waals surface area contributed by atoms with Crippen LogP contribution in [-0.2, 0) is 0 Å². The number of benzene rings is 3. The number of nitrogen functional groups attached to an aromatic ring is 1. The van der Waals surface area contributed by atoms with E-state index in [2.05, 4.69) is 48.6 Å². The summed E-state index contributed by atoms with van der Waals surface area (Å²) in [6, 6.07) is 32.3. The molecule has 162 valence electrons. The summed E-state index contributed by atoms with van der Waals surface area (Å²) in [6.45, 7) is 0. The van der Waals surface area contributed by atoms with Crippen molar-refractivity contribution in [1.82, 2.24) is 0 Å². The van der Waals surface area contributed by atoms with Gasteiger partial charge < -0.3 is 5.73 Å². The molecule has 1 heterocycles. The molecule has 0 radical (unpaired) electrons. The largest absolute Gasteiger partial charge is 0.399 e. The van der Waals surface area contributed by atoms with Gasteiger partial charge in [0.2, 0.25) is 0 Å². The molecule has 0 fully saturated rings. The molecule has 6 nitrogen and oxygen atoms in total. The Bertz CT molecular complexity index is 1090. The first-order chi connectivity index (χ1) is 15.3. The van der Waals surface area contributed by atoms with Gasteiger partial charge in [0.1, 0.15) is 0 Å². The average Bonchev–Trinajstić information content (AvgIpc) is 2.79. The highest BCUT2D eigenvalue weighted by Crippen LogP contribution is 2.29. The molecule has 4 rings (SSSR count). The minimum Gasteiger partial charge on any atom is -0.399 e. The van der Waals surface area contributed by atoms with Crippen LogP contribution in [0.25, 0.3) is 34.8 Å². The van der Waals surface area contributed by atoms with Gasteiger partial charge in [-0.25, -0.2) is 23.1 Å². The topological polar surface area (TPSA) is 130 Å². The first-order valence-corrected chi connectivity index (χ1v) is 10.8. The maximum Gasteiger partial charge on any atom is 0.361 e. The second-order valence-electron chi connectivity index (χ2n) is 6.73. The molecule has 3 aromatic carbocycles. The van der Waals surface area contributed by atoms with Crippen LogP contribution in [0.15, 0.2) is 101 Å². The van der Waals surface area contributed by atoms with Crippen molar-refractivity contribution in [2.45, 2.75) is 0 Å². The molecule has 0 atom stereocenters. The summed E-state index contributed by atoms with van der Waals surface area (Å²) in [7, 11) is -4.94. The van der Waals surface area contributed by atoms with E-state index >= 15 is 0 Å². The third-order valence-electron chi connectivity index (χ3n) is 4.34. The minimum atomic E-state index is -4.94. The summed E-state index contributed by atoms with van der Waals surface area (Å²) in [6.07, 6.45) is 4.18. The Labute approximate surface area is 187 Å². The van der Waals surface area contributed by atoms with Crippen LogP contribution in [0.5, 0.6) is 0 Å². The van der Waals surface area contributed by atoms with E-state index in [1.165, 1.54) is 0 Å². The zero-order valence-corrected chi connectivity index (χ0v) is 17.6. The molecular formula is C25H20ClNO5. The summed E-state index contributed by atoms with van der Waals surface area (Å²) in [5.74, 6) is 1.68. The maximum atomic E-state index is 8.49. The Balaban J connectivity index is 0.000000523. The van der Waals surface area contributed by atoms with E-state index in [0.29, 0.717) is 0 Å². The number of hydrogen-bond acceptors (Lipinski definition) is 5. The molecule has 0 aliphatic carbocycles. The second-order valence-corrected chi connectivity index (χ2v) is 7.49. The van der Waals surface area contributed by atoms with Gasteiger partial charge in [0, 0.05) is 5.69 Å². The molecule has 7 heteroatoms. The van der Waals surface area contributed by atoms with Crippen LogP contribution in [0.2, 0.25) is 0 Å². The Hall–Kier alpha value is -3.52. The summed E-state index contributed by atoms with van der Waals surface area (Å²) >= 11 is 0. The molecule has 0 saturated heterocycles. The summed E-state index contributed by atoms with van der Waals surface area (Å²) < 4.78 is 40.2. The lowest BCUT2D eigenvalue weighted by molar-refractivity contribution is -2.00. The van der Waals surface area contributed by atoms with E-state index in [0.717, 1.165) is 39.5 Å². The lowest BCUT2D eigenvalue weighted by atomic mass is 10.1. The van der Waals surface area contributed by atoms with Gasteiger partial charge in [-0.2, -0.15) is 0 Å². The molecule has 0 unspecified atom stereocenters. The van der Waals surface area contributed by atoms with E-state index in [4.69, 9.17) is 28.8 Å². The number of rotatable bonds is 4. The zero-order valence-electron chi connectivity index (χ0n) is 16.9.